The zero-order valence-corrected chi connectivity index (χ0v) is 12.8. The van der Waals surface area contributed by atoms with E-state index in [4.69, 9.17) is 0 Å². The molecule has 1 aromatic rings. The Balaban J connectivity index is 3.03. The van der Waals surface area contributed by atoms with E-state index < -0.39 is 0 Å². The second kappa shape index (κ2) is 6.49. The molecule has 0 radical (unpaired) electrons. The van der Waals surface area contributed by atoms with Gasteiger partial charge in [-0.2, -0.15) is 0 Å². The first kappa shape index (κ1) is 14.6. The van der Waals surface area contributed by atoms with Crippen LogP contribution in [0.25, 0.3) is 0 Å². The van der Waals surface area contributed by atoms with Crippen molar-refractivity contribution in [2.45, 2.75) is 25.4 Å². The van der Waals surface area contributed by atoms with Crippen LogP contribution in [0.15, 0.2) is 30.3 Å². The predicted molar refractivity (Wildman–Crippen MR) is 79.3 cm³/mol. The molecule has 2 nitrogen and oxygen atoms in total. The molecule has 3 heteroatoms. The summed E-state index contributed by atoms with van der Waals surface area (Å²) in [5.74, 6) is 1.18. The minimum Gasteiger partial charge on any atom is -0.302 e. The zero-order chi connectivity index (χ0) is 13.0. The molecule has 0 aromatic heterocycles. The Hall–Kier alpha value is -0.430. The topological polar surface area (TPSA) is 6.48 Å². The number of benzene rings is 1. The van der Waals surface area contributed by atoms with Crippen LogP contribution < -0.4 is 5.30 Å². The molecule has 0 amide bonds. The molecular formula is C14H25N2P. The Bertz CT molecular complexity index is 310. The van der Waals surface area contributed by atoms with Gasteiger partial charge >= 0.3 is 0 Å². The van der Waals surface area contributed by atoms with Gasteiger partial charge in [0.1, 0.15) is 0 Å². The maximum Gasteiger partial charge on any atom is 0.0317 e. The quantitative estimate of drug-likeness (QED) is 0.743. The van der Waals surface area contributed by atoms with Gasteiger partial charge in [0, 0.05) is 11.6 Å². The summed E-state index contributed by atoms with van der Waals surface area (Å²) in [4.78, 5) is 4.66. The minimum atomic E-state index is -0.205. The smallest absolute Gasteiger partial charge is 0.0317 e. The van der Waals surface area contributed by atoms with Crippen molar-refractivity contribution in [3.05, 3.63) is 30.3 Å². The molecule has 1 rings (SSSR count). The molecule has 1 aromatic carbocycles. The van der Waals surface area contributed by atoms with Crippen molar-refractivity contribution in [3.8, 4) is 0 Å². The van der Waals surface area contributed by atoms with Crippen molar-refractivity contribution in [3.63, 3.8) is 0 Å². The van der Waals surface area contributed by atoms with Crippen LogP contribution in [0.1, 0.15) is 13.8 Å². The molecule has 0 N–H and O–H groups in total. The molecule has 0 aliphatic heterocycles. The van der Waals surface area contributed by atoms with E-state index in [0.717, 1.165) is 0 Å². The van der Waals surface area contributed by atoms with Gasteiger partial charge in [-0.1, -0.05) is 30.3 Å². The van der Waals surface area contributed by atoms with E-state index in [1.165, 1.54) is 5.30 Å². The Morgan fingerprint density at radius 2 is 1.24 bits per heavy atom. The molecular weight excluding hydrogens is 227 g/mol. The van der Waals surface area contributed by atoms with Gasteiger partial charge in [-0.15, -0.1) is 0 Å². The SMILES string of the molecule is CC(N(C)C)P(c1ccccc1)C(C)N(C)C. The highest BCUT2D eigenvalue weighted by Crippen LogP contribution is 2.46. The van der Waals surface area contributed by atoms with Crippen LogP contribution in [-0.2, 0) is 0 Å². The van der Waals surface area contributed by atoms with Crippen molar-refractivity contribution in [2.24, 2.45) is 0 Å². The summed E-state index contributed by atoms with van der Waals surface area (Å²) >= 11 is 0. The fourth-order valence-electron chi connectivity index (χ4n) is 1.84. The molecule has 96 valence electrons. The molecule has 0 aliphatic rings. The van der Waals surface area contributed by atoms with Gasteiger partial charge in [0.25, 0.3) is 0 Å². The largest absolute Gasteiger partial charge is 0.302 e. The number of hydrogen-bond donors (Lipinski definition) is 0. The van der Waals surface area contributed by atoms with E-state index in [0.29, 0.717) is 11.6 Å². The average molecular weight is 252 g/mol. The predicted octanol–water partition coefficient (Wildman–Crippen LogP) is 2.61. The van der Waals surface area contributed by atoms with Crippen molar-refractivity contribution in [2.75, 3.05) is 28.2 Å². The molecule has 2 atom stereocenters. The number of nitrogens with zero attached hydrogens (tertiary/aromatic N) is 2. The van der Waals surface area contributed by atoms with Crippen LogP contribution in [0, 0.1) is 0 Å². The Labute approximate surface area is 107 Å². The molecule has 0 saturated carbocycles. The van der Waals surface area contributed by atoms with Crippen molar-refractivity contribution < 1.29 is 0 Å². The molecule has 0 aliphatic carbocycles. The maximum atomic E-state index is 2.33. The fraction of sp³-hybridized carbons (Fsp3) is 0.571. The lowest BCUT2D eigenvalue weighted by Gasteiger charge is -2.37. The third kappa shape index (κ3) is 3.77. The minimum absolute atomic E-state index is 0.205. The third-order valence-corrected chi connectivity index (χ3v) is 6.78. The Kier molecular flexibility index (Phi) is 5.58. The van der Waals surface area contributed by atoms with E-state index in [1.54, 1.807) is 0 Å². The van der Waals surface area contributed by atoms with Crippen LogP contribution in [0.4, 0.5) is 0 Å². The molecule has 0 bridgehead atoms. The van der Waals surface area contributed by atoms with Crippen molar-refractivity contribution in [1.82, 2.24) is 9.80 Å². The monoisotopic (exact) mass is 252 g/mol. The summed E-state index contributed by atoms with van der Waals surface area (Å²) in [6.07, 6.45) is 0. The Morgan fingerprint density at radius 3 is 1.59 bits per heavy atom. The second-order valence-electron chi connectivity index (χ2n) is 4.93. The van der Waals surface area contributed by atoms with E-state index in [-0.39, 0.29) is 7.92 Å². The zero-order valence-electron chi connectivity index (χ0n) is 11.9. The van der Waals surface area contributed by atoms with Gasteiger partial charge in [0.2, 0.25) is 0 Å². The van der Waals surface area contributed by atoms with Crippen LogP contribution in [-0.4, -0.2) is 49.6 Å². The first-order valence-electron chi connectivity index (χ1n) is 6.11. The van der Waals surface area contributed by atoms with E-state index >= 15 is 0 Å². The summed E-state index contributed by atoms with van der Waals surface area (Å²) in [5.41, 5.74) is 0. The fourth-order valence-corrected chi connectivity index (χ4v) is 4.84. The highest BCUT2D eigenvalue weighted by molar-refractivity contribution is 7.66. The highest BCUT2D eigenvalue weighted by atomic mass is 31.1. The van der Waals surface area contributed by atoms with Crippen LogP contribution in [0.5, 0.6) is 0 Å². The van der Waals surface area contributed by atoms with E-state index in [2.05, 4.69) is 82.2 Å². The average Bonchev–Trinajstić information content (AvgIpc) is 2.30. The summed E-state index contributed by atoms with van der Waals surface area (Å²) in [7, 11) is 8.48. The van der Waals surface area contributed by atoms with Gasteiger partial charge in [-0.05, 0) is 55.3 Å². The summed E-state index contributed by atoms with van der Waals surface area (Å²) in [6, 6.07) is 10.9. The second-order valence-corrected chi connectivity index (χ2v) is 7.76. The molecule has 0 heterocycles. The number of rotatable bonds is 5. The van der Waals surface area contributed by atoms with Crippen LogP contribution >= 0.6 is 7.92 Å². The number of hydrogen-bond acceptors (Lipinski definition) is 2. The standard InChI is InChI=1S/C14H25N2P/c1-12(15(3)4)17(13(2)16(5)6)14-10-8-7-9-11-14/h7-13H,1-6H3. The lowest BCUT2D eigenvalue weighted by Crippen LogP contribution is -2.35. The van der Waals surface area contributed by atoms with Gasteiger partial charge in [0.15, 0.2) is 0 Å². The van der Waals surface area contributed by atoms with Crippen LogP contribution in [0.3, 0.4) is 0 Å². The summed E-state index contributed by atoms with van der Waals surface area (Å²) < 4.78 is 0. The first-order valence-corrected chi connectivity index (χ1v) is 7.59. The van der Waals surface area contributed by atoms with Gasteiger partial charge in [-0.3, -0.25) is 0 Å². The third-order valence-electron chi connectivity index (χ3n) is 3.35. The first-order chi connectivity index (χ1) is 7.95. The van der Waals surface area contributed by atoms with E-state index in [1.807, 2.05) is 0 Å². The lowest BCUT2D eigenvalue weighted by atomic mass is 10.4. The van der Waals surface area contributed by atoms with E-state index in [9.17, 15) is 0 Å². The highest BCUT2D eigenvalue weighted by Gasteiger charge is 2.27. The van der Waals surface area contributed by atoms with Crippen molar-refractivity contribution >= 4 is 13.2 Å². The lowest BCUT2D eigenvalue weighted by molar-refractivity contribution is 0.367. The summed E-state index contributed by atoms with van der Waals surface area (Å²) in [5, 5.41) is 1.49. The molecule has 17 heavy (non-hydrogen) atoms. The normalized spacial score (nSPS) is 17.2. The van der Waals surface area contributed by atoms with Crippen LogP contribution in [0.2, 0.25) is 0 Å². The molecule has 0 saturated heterocycles. The maximum absolute atomic E-state index is 2.33. The molecule has 2 unspecified atom stereocenters. The van der Waals surface area contributed by atoms with Gasteiger partial charge in [-0.25, -0.2) is 0 Å². The van der Waals surface area contributed by atoms with Gasteiger partial charge in [0.05, 0.1) is 0 Å². The Morgan fingerprint density at radius 1 is 0.824 bits per heavy atom. The molecule has 0 spiro atoms. The van der Waals surface area contributed by atoms with Crippen molar-refractivity contribution in [1.29, 1.82) is 0 Å². The summed E-state index contributed by atoms with van der Waals surface area (Å²) in [6.45, 7) is 4.66. The molecule has 0 fully saturated rings. The van der Waals surface area contributed by atoms with Gasteiger partial charge < -0.3 is 9.80 Å².